The van der Waals surface area contributed by atoms with Gasteiger partial charge in [0.1, 0.15) is 11.3 Å². The lowest BCUT2D eigenvalue weighted by molar-refractivity contribution is 0.314. The molecule has 1 aliphatic rings. The van der Waals surface area contributed by atoms with Gasteiger partial charge in [-0.15, -0.1) is 11.6 Å². The number of aromatic nitrogens is 2. The maximum Gasteiger partial charge on any atom is 0.111 e. The Morgan fingerprint density at radius 2 is 2.18 bits per heavy atom. The van der Waals surface area contributed by atoms with Gasteiger partial charge in [-0.05, 0) is 31.4 Å². The van der Waals surface area contributed by atoms with Gasteiger partial charge in [0.05, 0.1) is 10.5 Å². The Labute approximate surface area is 111 Å². The van der Waals surface area contributed by atoms with E-state index in [9.17, 15) is 0 Å². The molecule has 0 spiro atoms. The van der Waals surface area contributed by atoms with Gasteiger partial charge in [-0.25, -0.2) is 4.98 Å². The minimum absolute atomic E-state index is 0.594. The lowest BCUT2D eigenvalue weighted by atomic mass is 9.92. The van der Waals surface area contributed by atoms with Crippen molar-refractivity contribution in [2.45, 2.75) is 31.7 Å². The molecule has 1 heterocycles. The summed E-state index contributed by atoms with van der Waals surface area (Å²) in [6.45, 7) is 0. The summed E-state index contributed by atoms with van der Waals surface area (Å²) in [5.74, 6) is 1.68. The molecule has 0 saturated heterocycles. The number of fused-ring (bicyclic) bond motifs is 1. The molecule has 1 fully saturated rings. The zero-order valence-electron chi connectivity index (χ0n) is 9.50. The van der Waals surface area contributed by atoms with Gasteiger partial charge < -0.3 is 4.57 Å². The van der Waals surface area contributed by atoms with Crippen LogP contribution in [0.25, 0.3) is 11.0 Å². The van der Waals surface area contributed by atoms with Crippen LogP contribution < -0.4 is 0 Å². The highest BCUT2D eigenvalue weighted by atomic mass is 35.5. The second-order valence-electron chi connectivity index (χ2n) is 4.53. The Bertz CT molecular complexity index is 544. The van der Waals surface area contributed by atoms with Crippen molar-refractivity contribution in [3.05, 3.63) is 29.0 Å². The molecule has 0 N–H and O–H groups in total. The van der Waals surface area contributed by atoms with Crippen LogP contribution in [-0.4, -0.2) is 15.4 Å². The molecule has 0 unspecified atom stereocenters. The molecule has 2 aromatic rings. The quantitative estimate of drug-likeness (QED) is 0.764. The number of imidazole rings is 1. The zero-order chi connectivity index (χ0) is 11.8. The molecule has 1 aromatic heterocycles. The zero-order valence-corrected chi connectivity index (χ0v) is 11.0. The molecule has 1 saturated carbocycles. The number of aryl methyl sites for hydroxylation is 1. The van der Waals surface area contributed by atoms with Crippen molar-refractivity contribution in [3.8, 4) is 0 Å². The van der Waals surface area contributed by atoms with E-state index in [1.807, 2.05) is 12.1 Å². The Hall–Kier alpha value is -0.730. The first-order chi connectivity index (χ1) is 8.31. The molecule has 90 valence electrons. The van der Waals surface area contributed by atoms with Gasteiger partial charge >= 0.3 is 0 Å². The predicted molar refractivity (Wildman–Crippen MR) is 72.1 cm³/mol. The normalized spacial score (nSPS) is 16.4. The highest BCUT2D eigenvalue weighted by molar-refractivity contribution is 6.34. The largest absolute Gasteiger partial charge is 0.325 e. The molecule has 1 aromatic carbocycles. The Kier molecular flexibility index (Phi) is 3.01. The number of benzene rings is 1. The number of para-hydroxylation sites is 1. The first-order valence-electron chi connectivity index (χ1n) is 6.02. The lowest BCUT2D eigenvalue weighted by Gasteiger charge is -2.29. The van der Waals surface area contributed by atoms with Crippen molar-refractivity contribution >= 4 is 34.2 Å². The molecule has 0 amide bonds. The summed E-state index contributed by atoms with van der Waals surface area (Å²) in [6.07, 6.45) is 4.61. The summed E-state index contributed by atoms with van der Waals surface area (Å²) in [7, 11) is 0. The number of halogens is 2. The molecule has 3 rings (SSSR count). The number of alkyl halides is 1. The Morgan fingerprint density at radius 3 is 2.82 bits per heavy atom. The van der Waals surface area contributed by atoms with E-state index >= 15 is 0 Å². The second kappa shape index (κ2) is 4.51. The molecular weight excluding hydrogens is 255 g/mol. The van der Waals surface area contributed by atoms with Gasteiger partial charge in [0.2, 0.25) is 0 Å². The maximum absolute atomic E-state index is 6.20. The second-order valence-corrected chi connectivity index (χ2v) is 5.31. The van der Waals surface area contributed by atoms with E-state index in [1.54, 1.807) is 0 Å². The van der Waals surface area contributed by atoms with Crippen LogP contribution in [0.3, 0.4) is 0 Å². The molecule has 0 bridgehead atoms. The molecule has 4 heteroatoms. The first-order valence-corrected chi connectivity index (χ1v) is 6.94. The smallest absolute Gasteiger partial charge is 0.111 e. The van der Waals surface area contributed by atoms with E-state index in [0.717, 1.165) is 28.3 Å². The van der Waals surface area contributed by atoms with E-state index in [1.165, 1.54) is 19.3 Å². The van der Waals surface area contributed by atoms with Crippen LogP contribution in [0.2, 0.25) is 5.02 Å². The van der Waals surface area contributed by atoms with Crippen molar-refractivity contribution in [3.63, 3.8) is 0 Å². The van der Waals surface area contributed by atoms with Crippen molar-refractivity contribution in [1.82, 2.24) is 9.55 Å². The van der Waals surface area contributed by atoms with Crippen molar-refractivity contribution in [2.24, 2.45) is 0 Å². The van der Waals surface area contributed by atoms with Gasteiger partial charge in [0, 0.05) is 18.3 Å². The average Bonchev–Trinajstić information content (AvgIpc) is 2.58. The summed E-state index contributed by atoms with van der Waals surface area (Å²) >= 11 is 12.1. The molecule has 0 aliphatic heterocycles. The third-order valence-electron chi connectivity index (χ3n) is 3.50. The predicted octanol–water partition coefficient (Wildman–Crippen LogP) is 4.20. The molecule has 2 nitrogen and oxygen atoms in total. The lowest BCUT2D eigenvalue weighted by Crippen LogP contribution is -2.19. The summed E-state index contributed by atoms with van der Waals surface area (Å²) in [6, 6.07) is 6.58. The van der Waals surface area contributed by atoms with Gasteiger partial charge in [0.15, 0.2) is 0 Å². The van der Waals surface area contributed by atoms with E-state index in [2.05, 4.69) is 15.6 Å². The third-order valence-corrected chi connectivity index (χ3v) is 4.00. The van der Waals surface area contributed by atoms with Crippen LogP contribution in [0.5, 0.6) is 0 Å². The molecule has 1 aliphatic carbocycles. The van der Waals surface area contributed by atoms with Crippen molar-refractivity contribution in [2.75, 3.05) is 5.88 Å². The van der Waals surface area contributed by atoms with E-state index in [0.29, 0.717) is 11.9 Å². The highest BCUT2D eigenvalue weighted by Gasteiger charge is 2.24. The van der Waals surface area contributed by atoms with Crippen molar-refractivity contribution in [1.29, 1.82) is 0 Å². The summed E-state index contributed by atoms with van der Waals surface area (Å²) in [4.78, 5) is 4.65. The highest BCUT2D eigenvalue weighted by Crippen LogP contribution is 2.36. The fourth-order valence-corrected chi connectivity index (χ4v) is 2.83. The molecular formula is C13H14Cl2N2. The number of nitrogens with zero attached hydrogens (tertiary/aromatic N) is 2. The van der Waals surface area contributed by atoms with Crippen molar-refractivity contribution < 1.29 is 0 Å². The van der Waals surface area contributed by atoms with E-state index in [-0.39, 0.29) is 0 Å². The number of rotatable bonds is 3. The minimum Gasteiger partial charge on any atom is -0.325 e. The maximum atomic E-state index is 6.20. The third kappa shape index (κ3) is 1.84. The van der Waals surface area contributed by atoms with Crippen LogP contribution in [0.4, 0.5) is 0 Å². The number of hydrogen-bond donors (Lipinski definition) is 0. The topological polar surface area (TPSA) is 17.8 Å². The summed E-state index contributed by atoms with van der Waals surface area (Å²) in [5, 5.41) is 0.733. The standard InChI is InChI=1S/C13H14Cl2N2/c14-8-7-12-16-13-10(15)5-2-6-11(13)17(12)9-3-1-4-9/h2,5-6,9H,1,3-4,7-8H2. The van der Waals surface area contributed by atoms with Gasteiger partial charge in [-0.2, -0.15) is 0 Å². The van der Waals surface area contributed by atoms with E-state index < -0.39 is 0 Å². The fourth-order valence-electron chi connectivity index (χ4n) is 2.44. The van der Waals surface area contributed by atoms with Crippen LogP contribution >= 0.6 is 23.2 Å². The summed E-state index contributed by atoms with van der Waals surface area (Å²) < 4.78 is 2.34. The van der Waals surface area contributed by atoms with E-state index in [4.69, 9.17) is 23.2 Å². The number of hydrogen-bond acceptors (Lipinski definition) is 1. The average molecular weight is 269 g/mol. The first kappa shape index (κ1) is 11.4. The monoisotopic (exact) mass is 268 g/mol. The molecule has 0 atom stereocenters. The minimum atomic E-state index is 0.594. The van der Waals surface area contributed by atoms with Gasteiger partial charge in [-0.1, -0.05) is 17.7 Å². The van der Waals surface area contributed by atoms with Crippen LogP contribution in [0, 0.1) is 0 Å². The Balaban J connectivity index is 2.19. The van der Waals surface area contributed by atoms with Crippen LogP contribution in [-0.2, 0) is 6.42 Å². The van der Waals surface area contributed by atoms with Gasteiger partial charge in [-0.3, -0.25) is 0 Å². The summed E-state index contributed by atoms with van der Waals surface area (Å²) in [5.41, 5.74) is 2.07. The van der Waals surface area contributed by atoms with Crippen LogP contribution in [0.15, 0.2) is 18.2 Å². The SMILES string of the molecule is ClCCc1nc2c(Cl)cccc2n1C1CCC1. The molecule has 17 heavy (non-hydrogen) atoms. The fraction of sp³-hybridized carbons (Fsp3) is 0.462. The Morgan fingerprint density at radius 1 is 1.35 bits per heavy atom. The molecule has 0 radical (unpaired) electrons. The van der Waals surface area contributed by atoms with Crippen LogP contribution in [0.1, 0.15) is 31.1 Å². The van der Waals surface area contributed by atoms with Gasteiger partial charge in [0.25, 0.3) is 0 Å².